The average Bonchev–Trinajstić information content (AvgIpc) is 3.28. The van der Waals surface area contributed by atoms with Crippen LogP contribution >= 0.6 is 0 Å². The van der Waals surface area contributed by atoms with Crippen molar-refractivity contribution in [3.05, 3.63) is 35.1 Å². The van der Waals surface area contributed by atoms with Crippen LogP contribution in [0.1, 0.15) is 36.8 Å². The molecular weight excluding hydrogens is 334 g/mol. The zero-order valence-corrected chi connectivity index (χ0v) is 15.1. The van der Waals surface area contributed by atoms with E-state index in [-0.39, 0.29) is 24.2 Å². The summed E-state index contributed by atoms with van der Waals surface area (Å²) in [5.74, 6) is 2.06. The molecule has 3 atom stereocenters. The van der Waals surface area contributed by atoms with E-state index < -0.39 is 6.10 Å². The molecule has 26 heavy (non-hydrogen) atoms. The molecule has 1 aromatic carbocycles. The Hall–Kier alpha value is -2.21. The predicted molar refractivity (Wildman–Crippen MR) is 93.2 cm³/mol. The van der Waals surface area contributed by atoms with Gasteiger partial charge in [-0.15, -0.1) is 0 Å². The highest BCUT2D eigenvalue weighted by atomic mass is 16.7. The average molecular weight is 357 g/mol. The zero-order chi connectivity index (χ0) is 17.9. The van der Waals surface area contributed by atoms with Crippen LogP contribution in [0, 0.1) is 0 Å². The van der Waals surface area contributed by atoms with Crippen LogP contribution in [0.3, 0.4) is 0 Å². The van der Waals surface area contributed by atoms with Crippen molar-refractivity contribution in [2.45, 2.75) is 43.7 Å². The number of esters is 1. The topological polar surface area (TPSA) is 57.2 Å². The minimum Gasteiger partial charge on any atom is -0.497 e. The number of carbonyl (C=O) groups is 1. The Morgan fingerprint density at radius 2 is 2.08 bits per heavy atom. The van der Waals surface area contributed by atoms with Gasteiger partial charge in [-0.1, -0.05) is 0 Å². The van der Waals surface area contributed by atoms with E-state index in [0.717, 1.165) is 49.6 Å². The molecule has 138 valence electrons. The second kappa shape index (κ2) is 5.64. The van der Waals surface area contributed by atoms with Gasteiger partial charge in [0.05, 0.1) is 18.6 Å². The Bertz CT molecular complexity index is 804. The Kier molecular flexibility index (Phi) is 3.47. The van der Waals surface area contributed by atoms with Crippen molar-refractivity contribution >= 4 is 5.97 Å². The molecule has 0 radical (unpaired) electrons. The molecule has 0 bridgehead atoms. The Morgan fingerprint density at radius 3 is 2.85 bits per heavy atom. The molecule has 0 saturated carbocycles. The van der Waals surface area contributed by atoms with Crippen LogP contribution in [0.4, 0.5) is 0 Å². The van der Waals surface area contributed by atoms with Crippen LogP contribution in [0.15, 0.2) is 24.0 Å². The molecule has 1 aliphatic carbocycles. The van der Waals surface area contributed by atoms with Crippen molar-refractivity contribution in [1.82, 2.24) is 4.90 Å². The molecule has 6 heteroatoms. The molecular formula is C20H23NO5. The largest absolute Gasteiger partial charge is 0.497 e. The minimum atomic E-state index is -0.407. The monoisotopic (exact) mass is 357 g/mol. The van der Waals surface area contributed by atoms with Gasteiger partial charge in [0, 0.05) is 13.5 Å². The third kappa shape index (κ3) is 2.11. The first-order chi connectivity index (χ1) is 12.6. The van der Waals surface area contributed by atoms with Gasteiger partial charge in [0.25, 0.3) is 0 Å². The highest BCUT2D eigenvalue weighted by Gasteiger charge is 2.58. The fourth-order valence-electron chi connectivity index (χ4n) is 5.27. The van der Waals surface area contributed by atoms with Crippen molar-refractivity contribution in [2.24, 2.45) is 0 Å². The summed E-state index contributed by atoms with van der Waals surface area (Å²) in [5.41, 5.74) is 2.27. The summed E-state index contributed by atoms with van der Waals surface area (Å²) in [6.45, 7) is 3.75. The van der Waals surface area contributed by atoms with Crippen LogP contribution in [-0.4, -0.2) is 49.5 Å². The Balaban J connectivity index is 1.69. The molecule has 1 saturated heterocycles. The number of ether oxygens (including phenoxy) is 4. The van der Waals surface area contributed by atoms with Crippen LogP contribution in [0.25, 0.3) is 0 Å². The smallest absolute Gasteiger partial charge is 0.303 e. The summed E-state index contributed by atoms with van der Waals surface area (Å²) < 4.78 is 22.7. The van der Waals surface area contributed by atoms with Crippen molar-refractivity contribution in [3.63, 3.8) is 0 Å². The summed E-state index contributed by atoms with van der Waals surface area (Å²) in [6.07, 6.45) is 4.92. The lowest BCUT2D eigenvalue weighted by atomic mass is 9.77. The summed E-state index contributed by atoms with van der Waals surface area (Å²) in [5, 5.41) is 0. The van der Waals surface area contributed by atoms with Crippen LogP contribution in [0.5, 0.6) is 11.5 Å². The molecule has 4 aliphatic rings. The molecule has 0 unspecified atom stereocenters. The quantitative estimate of drug-likeness (QED) is 0.758. The van der Waals surface area contributed by atoms with E-state index in [4.69, 9.17) is 18.9 Å². The lowest BCUT2D eigenvalue weighted by molar-refractivity contribution is -0.147. The molecule has 0 N–H and O–H groups in total. The zero-order valence-electron chi connectivity index (χ0n) is 15.1. The van der Waals surface area contributed by atoms with Gasteiger partial charge in [-0.3, -0.25) is 9.69 Å². The Labute approximate surface area is 152 Å². The standard InChI is InChI=1S/C20H23NO5/c1-12(22)26-19-17(23-2)10-20-5-3-6-21(20)7-4-13-8-15-16(25-11-24-15)9-14(13)18(19)20/h8-10,18-19H,3-7,11H2,1-2H3/t18-,19-,20-/m0/s1. The molecule has 1 spiro atoms. The van der Waals surface area contributed by atoms with Gasteiger partial charge in [-0.05, 0) is 55.1 Å². The molecule has 3 heterocycles. The van der Waals surface area contributed by atoms with E-state index in [2.05, 4.69) is 23.1 Å². The van der Waals surface area contributed by atoms with Gasteiger partial charge in [-0.25, -0.2) is 0 Å². The lowest BCUT2D eigenvalue weighted by Gasteiger charge is -2.39. The minimum absolute atomic E-state index is 0.0100. The molecule has 0 aromatic heterocycles. The summed E-state index contributed by atoms with van der Waals surface area (Å²) in [7, 11) is 1.66. The molecule has 1 fully saturated rings. The van der Waals surface area contributed by atoms with Gasteiger partial charge >= 0.3 is 5.97 Å². The van der Waals surface area contributed by atoms with E-state index in [0.29, 0.717) is 0 Å². The van der Waals surface area contributed by atoms with E-state index in [9.17, 15) is 4.79 Å². The fourth-order valence-corrected chi connectivity index (χ4v) is 5.27. The molecule has 1 aromatic rings. The maximum absolute atomic E-state index is 11.8. The van der Waals surface area contributed by atoms with Crippen LogP contribution in [-0.2, 0) is 20.7 Å². The van der Waals surface area contributed by atoms with Gasteiger partial charge in [0.1, 0.15) is 5.76 Å². The molecule has 6 nitrogen and oxygen atoms in total. The first-order valence-electron chi connectivity index (χ1n) is 9.24. The van der Waals surface area contributed by atoms with Gasteiger partial charge in [-0.2, -0.15) is 0 Å². The van der Waals surface area contributed by atoms with Gasteiger partial charge in [0.15, 0.2) is 17.6 Å². The summed E-state index contributed by atoms with van der Waals surface area (Å²) in [4.78, 5) is 14.4. The number of carbonyl (C=O) groups excluding carboxylic acids is 1. The van der Waals surface area contributed by atoms with Gasteiger partial charge < -0.3 is 18.9 Å². The first-order valence-corrected chi connectivity index (χ1v) is 9.24. The van der Waals surface area contributed by atoms with Crippen LogP contribution < -0.4 is 9.47 Å². The normalized spacial score (nSPS) is 31.5. The SMILES string of the molecule is COC1=C[C@]23CCCN2CCc2cc4c(cc2[C@H]3[C@H]1OC(C)=O)OCO4. The predicted octanol–water partition coefficient (Wildman–Crippen LogP) is 2.37. The van der Waals surface area contributed by atoms with Crippen molar-refractivity contribution < 1.29 is 23.7 Å². The summed E-state index contributed by atoms with van der Waals surface area (Å²) in [6, 6.07) is 4.19. The number of nitrogens with zero attached hydrogens (tertiary/aromatic N) is 1. The number of methoxy groups -OCH3 is 1. The fraction of sp³-hybridized carbons (Fsp3) is 0.550. The molecule has 0 amide bonds. The number of benzene rings is 1. The second-order valence-electron chi connectivity index (χ2n) is 7.49. The number of fused-ring (bicyclic) bond motifs is 3. The van der Waals surface area contributed by atoms with Gasteiger partial charge in [0.2, 0.25) is 6.79 Å². The highest BCUT2D eigenvalue weighted by molar-refractivity contribution is 5.67. The molecule has 5 rings (SSSR count). The van der Waals surface area contributed by atoms with Crippen LogP contribution in [0.2, 0.25) is 0 Å². The first kappa shape index (κ1) is 16.0. The maximum atomic E-state index is 11.8. The number of hydrogen-bond donors (Lipinski definition) is 0. The lowest BCUT2D eigenvalue weighted by Crippen LogP contribution is -2.47. The number of hydrogen-bond acceptors (Lipinski definition) is 6. The van der Waals surface area contributed by atoms with E-state index in [1.54, 1.807) is 7.11 Å². The summed E-state index contributed by atoms with van der Waals surface area (Å²) >= 11 is 0. The number of rotatable bonds is 2. The van der Waals surface area contributed by atoms with E-state index in [1.165, 1.54) is 18.1 Å². The van der Waals surface area contributed by atoms with E-state index in [1.807, 2.05) is 0 Å². The third-order valence-electron chi connectivity index (χ3n) is 6.26. The highest BCUT2D eigenvalue weighted by Crippen LogP contribution is 2.55. The molecule has 3 aliphatic heterocycles. The van der Waals surface area contributed by atoms with Crippen molar-refractivity contribution in [1.29, 1.82) is 0 Å². The Morgan fingerprint density at radius 1 is 1.27 bits per heavy atom. The van der Waals surface area contributed by atoms with Crippen molar-refractivity contribution in [3.8, 4) is 11.5 Å². The van der Waals surface area contributed by atoms with E-state index >= 15 is 0 Å². The third-order valence-corrected chi connectivity index (χ3v) is 6.26. The van der Waals surface area contributed by atoms with Crippen molar-refractivity contribution in [2.75, 3.05) is 27.0 Å². The second-order valence-corrected chi connectivity index (χ2v) is 7.49. The maximum Gasteiger partial charge on any atom is 0.303 e.